The lowest BCUT2D eigenvalue weighted by molar-refractivity contribution is 0.421. The maximum atomic E-state index is 5.32. The molecule has 0 radical (unpaired) electrons. The van der Waals surface area contributed by atoms with Crippen LogP contribution in [0.3, 0.4) is 0 Å². The van der Waals surface area contributed by atoms with E-state index in [1.165, 1.54) is 0 Å². The summed E-state index contributed by atoms with van der Waals surface area (Å²) in [5, 5.41) is 6.52. The van der Waals surface area contributed by atoms with Crippen molar-refractivity contribution in [2.75, 3.05) is 11.9 Å². The van der Waals surface area contributed by atoms with E-state index in [0.29, 0.717) is 11.9 Å². The van der Waals surface area contributed by atoms with Gasteiger partial charge in [0.05, 0.1) is 5.69 Å². The van der Waals surface area contributed by atoms with Gasteiger partial charge < -0.3 is 15.1 Å². The summed E-state index contributed by atoms with van der Waals surface area (Å²) >= 11 is 0. The molecular weight excluding hydrogens is 202 g/mol. The van der Waals surface area contributed by atoms with Gasteiger partial charge in [0.15, 0.2) is 0 Å². The molecule has 16 heavy (non-hydrogen) atoms. The van der Waals surface area contributed by atoms with Crippen LogP contribution in [0.5, 0.6) is 0 Å². The maximum Gasteiger partial charge on any atom is 0.294 e. The van der Waals surface area contributed by atoms with Crippen molar-refractivity contribution in [1.82, 2.24) is 10.3 Å². The van der Waals surface area contributed by atoms with E-state index < -0.39 is 0 Å². The first kappa shape index (κ1) is 13.0. The average molecular weight is 225 g/mol. The van der Waals surface area contributed by atoms with Crippen LogP contribution in [0.15, 0.2) is 10.7 Å². The lowest BCUT2D eigenvalue weighted by Crippen LogP contribution is -2.35. The summed E-state index contributed by atoms with van der Waals surface area (Å²) in [6.07, 6.45) is 1.70. The molecule has 0 unspecified atom stereocenters. The number of rotatable bonds is 5. The van der Waals surface area contributed by atoms with Crippen molar-refractivity contribution in [3.63, 3.8) is 0 Å². The Balaban J connectivity index is 2.39. The maximum absolute atomic E-state index is 5.32. The van der Waals surface area contributed by atoms with Crippen molar-refractivity contribution in [2.24, 2.45) is 5.92 Å². The highest BCUT2D eigenvalue weighted by molar-refractivity contribution is 5.21. The molecule has 2 N–H and O–H groups in total. The van der Waals surface area contributed by atoms with Gasteiger partial charge in [-0.2, -0.15) is 4.98 Å². The number of hydrogen-bond acceptors (Lipinski definition) is 4. The van der Waals surface area contributed by atoms with Crippen molar-refractivity contribution in [2.45, 2.75) is 46.7 Å². The fraction of sp³-hybridized carbons (Fsp3) is 0.750. The Bertz CT molecular complexity index is 312. The third-order valence-corrected chi connectivity index (χ3v) is 2.01. The molecule has 0 saturated heterocycles. The summed E-state index contributed by atoms with van der Waals surface area (Å²) in [5.41, 5.74) is 1.03. The second-order valence-electron chi connectivity index (χ2n) is 5.52. The molecule has 0 fully saturated rings. The zero-order valence-electron chi connectivity index (χ0n) is 10.9. The minimum Gasteiger partial charge on any atom is -0.432 e. The van der Waals surface area contributed by atoms with Gasteiger partial charge in [0.25, 0.3) is 6.01 Å². The largest absolute Gasteiger partial charge is 0.432 e. The van der Waals surface area contributed by atoms with Gasteiger partial charge in [0, 0.05) is 18.6 Å². The highest BCUT2D eigenvalue weighted by Gasteiger charge is 2.10. The van der Waals surface area contributed by atoms with Gasteiger partial charge >= 0.3 is 0 Å². The van der Waals surface area contributed by atoms with Gasteiger partial charge in [-0.3, -0.25) is 0 Å². The van der Waals surface area contributed by atoms with E-state index in [9.17, 15) is 0 Å². The summed E-state index contributed by atoms with van der Waals surface area (Å²) in [5.74, 6) is 0.586. The van der Waals surface area contributed by atoms with Gasteiger partial charge in [0.2, 0.25) is 0 Å². The molecule has 1 heterocycles. The molecule has 0 aromatic carbocycles. The Morgan fingerprint density at radius 1 is 1.38 bits per heavy atom. The van der Waals surface area contributed by atoms with Gasteiger partial charge in [0.1, 0.15) is 6.26 Å². The Morgan fingerprint density at radius 2 is 2.06 bits per heavy atom. The van der Waals surface area contributed by atoms with Crippen molar-refractivity contribution < 1.29 is 4.42 Å². The molecule has 1 aromatic heterocycles. The van der Waals surface area contributed by atoms with E-state index >= 15 is 0 Å². The zero-order valence-corrected chi connectivity index (χ0v) is 10.9. The van der Waals surface area contributed by atoms with Crippen molar-refractivity contribution in [1.29, 1.82) is 0 Å². The van der Waals surface area contributed by atoms with E-state index in [1.54, 1.807) is 6.26 Å². The molecule has 0 amide bonds. The van der Waals surface area contributed by atoms with Gasteiger partial charge in [-0.05, 0) is 26.7 Å². The Labute approximate surface area is 97.8 Å². The Hall–Kier alpha value is -1.03. The minimum absolute atomic E-state index is 0.102. The molecule has 0 bridgehead atoms. The quantitative estimate of drug-likeness (QED) is 0.809. The first-order chi connectivity index (χ1) is 7.37. The number of oxazole rings is 1. The number of aromatic nitrogens is 1. The molecule has 0 aliphatic heterocycles. The lowest BCUT2D eigenvalue weighted by Gasteiger charge is -2.19. The smallest absolute Gasteiger partial charge is 0.294 e. The van der Waals surface area contributed by atoms with Gasteiger partial charge in [-0.1, -0.05) is 13.8 Å². The topological polar surface area (TPSA) is 50.1 Å². The molecule has 4 nitrogen and oxygen atoms in total. The van der Waals surface area contributed by atoms with E-state index in [4.69, 9.17) is 4.42 Å². The van der Waals surface area contributed by atoms with Crippen molar-refractivity contribution >= 4 is 6.01 Å². The lowest BCUT2D eigenvalue weighted by atomic mass is 10.1. The van der Waals surface area contributed by atoms with Crippen LogP contribution in [0.2, 0.25) is 0 Å². The third-order valence-electron chi connectivity index (χ3n) is 2.01. The predicted octanol–water partition coefficient (Wildman–Crippen LogP) is 2.63. The van der Waals surface area contributed by atoms with E-state index in [0.717, 1.165) is 18.8 Å². The number of anilines is 1. The Kier molecular flexibility index (Phi) is 4.35. The summed E-state index contributed by atoms with van der Waals surface area (Å²) < 4.78 is 5.32. The van der Waals surface area contributed by atoms with Crippen LogP contribution in [0, 0.1) is 5.92 Å². The summed E-state index contributed by atoms with van der Waals surface area (Å²) in [4.78, 5) is 4.34. The molecule has 0 spiro atoms. The van der Waals surface area contributed by atoms with Crippen molar-refractivity contribution in [3.05, 3.63) is 12.0 Å². The Morgan fingerprint density at radius 3 is 2.62 bits per heavy atom. The van der Waals surface area contributed by atoms with E-state index in [1.807, 2.05) is 0 Å². The van der Waals surface area contributed by atoms with Crippen LogP contribution in [0.1, 0.15) is 40.3 Å². The minimum atomic E-state index is 0.102. The second-order valence-corrected chi connectivity index (χ2v) is 5.52. The molecule has 0 atom stereocenters. The molecule has 1 aromatic rings. The van der Waals surface area contributed by atoms with Gasteiger partial charge in [-0.25, -0.2) is 0 Å². The van der Waals surface area contributed by atoms with E-state index in [2.05, 4.69) is 50.2 Å². The third kappa shape index (κ3) is 5.16. The predicted molar refractivity (Wildman–Crippen MR) is 66.4 cm³/mol. The van der Waals surface area contributed by atoms with Crippen LogP contribution in [0.25, 0.3) is 0 Å². The zero-order chi connectivity index (χ0) is 12.2. The van der Waals surface area contributed by atoms with Crippen LogP contribution < -0.4 is 10.6 Å². The fourth-order valence-corrected chi connectivity index (χ4v) is 1.12. The standard InChI is InChI=1S/C12H23N3O/c1-9(2)6-13-11-15-10(8-16-11)7-14-12(3,4)5/h8-9,14H,6-7H2,1-5H3,(H,13,15). The number of nitrogens with one attached hydrogen (secondary N) is 2. The van der Waals surface area contributed by atoms with Crippen LogP contribution in [-0.4, -0.2) is 17.1 Å². The van der Waals surface area contributed by atoms with Crippen LogP contribution in [0.4, 0.5) is 6.01 Å². The number of nitrogens with zero attached hydrogens (tertiary/aromatic N) is 1. The average Bonchev–Trinajstić information content (AvgIpc) is 2.58. The molecule has 0 saturated carbocycles. The summed E-state index contributed by atoms with van der Waals surface area (Å²) in [6, 6.07) is 0.611. The van der Waals surface area contributed by atoms with Crippen molar-refractivity contribution in [3.8, 4) is 0 Å². The SMILES string of the molecule is CC(C)CNc1nc(CNC(C)(C)C)co1. The molecule has 0 aliphatic carbocycles. The normalized spacial score (nSPS) is 12.1. The van der Waals surface area contributed by atoms with Crippen LogP contribution in [-0.2, 0) is 6.54 Å². The first-order valence-electron chi connectivity index (χ1n) is 5.80. The first-order valence-corrected chi connectivity index (χ1v) is 5.80. The fourth-order valence-electron chi connectivity index (χ4n) is 1.12. The summed E-state index contributed by atoms with van der Waals surface area (Å²) in [7, 11) is 0. The highest BCUT2D eigenvalue weighted by atomic mass is 16.4. The molecule has 0 aliphatic rings. The van der Waals surface area contributed by atoms with Gasteiger partial charge in [-0.15, -0.1) is 0 Å². The number of hydrogen-bond donors (Lipinski definition) is 2. The molecule has 92 valence electrons. The highest BCUT2D eigenvalue weighted by Crippen LogP contribution is 2.09. The second kappa shape index (κ2) is 5.34. The van der Waals surface area contributed by atoms with E-state index in [-0.39, 0.29) is 5.54 Å². The molecule has 1 rings (SSSR count). The van der Waals surface area contributed by atoms with Crippen LogP contribution >= 0.6 is 0 Å². The summed E-state index contributed by atoms with van der Waals surface area (Å²) in [6.45, 7) is 12.3. The monoisotopic (exact) mass is 225 g/mol. The molecular formula is C12H23N3O. The molecule has 4 heteroatoms.